The maximum Gasteiger partial charge on any atom is 0.0205 e. The number of rotatable bonds is 5. The van der Waals surface area contributed by atoms with E-state index in [-0.39, 0.29) is 18.2 Å². The van der Waals surface area contributed by atoms with Gasteiger partial charge in [-0.25, -0.2) is 0 Å². The van der Waals surface area contributed by atoms with Crippen molar-refractivity contribution in [2.45, 2.75) is 64.4 Å². The van der Waals surface area contributed by atoms with E-state index in [2.05, 4.69) is 152 Å². The maximum absolute atomic E-state index is 3.79. The van der Waals surface area contributed by atoms with E-state index < -0.39 is 7.92 Å². The zero-order valence-corrected chi connectivity index (χ0v) is 25.1. The van der Waals surface area contributed by atoms with Gasteiger partial charge in [-0.05, 0) is 62.7 Å². The smallest absolute Gasteiger partial charge is 0.0205 e. The molecule has 0 fully saturated rings. The van der Waals surface area contributed by atoms with Gasteiger partial charge in [-0.1, -0.05) is 135 Å². The third-order valence-corrected chi connectivity index (χ3v) is 14.0. The van der Waals surface area contributed by atoms with Crippen LogP contribution < -0.4 is 5.30 Å². The molecule has 0 aromatic heterocycles. The summed E-state index contributed by atoms with van der Waals surface area (Å²) in [7, 11) is -1.08. The van der Waals surface area contributed by atoms with Gasteiger partial charge in [-0.2, -0.15) is 0 Å². The minimum absolute atomic E-state index is 0.251. The molecule has 0 heterocycles. The van der Waals surface area contributed by atoms with Crippen molar-refractivity contribution in [3.05, 3.63) is 125 Å². The van der Waals surface area contributed by atoms with Crippen molar-refractivity contribution >= 4 is 31.9 Å². The second-order valence-corrected chi connectivity index (χ2v) is 18.5. The van der Waals surface area contributed by atoms with E-state index in [1.165, 1.54) is 37.9 Å². The highest BCUT2D eigenvalue weighted by molar-refractivity contribution is 7.75. The Morgan fingerprint density at radius 3 is 2.24 bits per heavy atom. The van der Waals surface area contributed by atoms with Gasteiger partial charge in [0.1, 0.15) is 0 Å². The Bertz CT molecular complexity index is 1400. The first-order chi connectivity index (χ1) is 17.6. The van der Waals surface area contributed by atoms with Crippen LogP contribution in [0.1, 0.15) is 48.5 Å². The van der Waals surface area contributed by atoms with E-state index >= 15 is 0 Å². The summed E-state index contributed by atoms with van der Waals surface area (Å²) in [5.41, 5.74) is 7.12. The molecule has 0 nitrogen and oxygen atoms in total. The Morgan fingerprint density at radius 2 is 1.49 bits per heavy atom. The second-order valence-electron chi connectivity index (χ2n) is 12.2. The highest BCUT2D eigenvalue weighted by Gasteiger charge is 2.42. The molecule has 3 aliphatic carbocycles. The lowest BCUT2D eigenvalue weighted by atomic mass is 9.90. The summed E-state index contributed by atoms with van der Waals surface area (Å²) >= 11 is 0. The normalized spacial score (nSPS) is 20.9. The summed E-state index contributed by atoms with van der Waals surface area (Å²) in [5.74, 6) is 0.353. The zero-order chi connectivity index (χ0) is 26.4. The Morgan fingerprint density at radius 1 is 0.784 bits per heavy atom. The Labute approximate surface area is 226 Å². The quantitative estimate of drug-likeness (QED) is 0.271. The van der Waals surface area contributed by atoms with Crippen LogP contribution in [0.4, 0.5) is 0 Å². The molecule has 1 radical (unpaired) electrons. The Hall–Kier alpha value is -2.22. The number of allylic oxidation sites excluding steroid dienone is 11. The van der Waals surface area contributed by atoms with E-state index in [0.29, 0.717) is 11.6 Å². The highest BCUT2D eigenvalue weighted by atomic mass is 31.1. The zero-order valence-electron chi connectivity index (χ0n) is 23.3. The first kappa shape index (κ1) is 26.4. The van der Waals surface area contributed by atoms with Crippen LogP contribution >= 0.6 is 15.8 Å². The van der Waals surface area contributed by atoms with Gasteiger partial charge in [-0.3, -0.25) is 0 Å². The molecule has 0 saturated carbocycles. The summed E-state index contributed by atoms with van der Waals surface area (Å²) in [6, 6.07) is 15.8. The van der Waals surface area contributed by atoms with Crippen molar-refractivity contribution in [3.63, 3.8) is 0 Å². The van der Waals surface area contributed by atoms with Gasteiger partial charge in [0, 0.05) is 23.6 Å². The molecule has 37 heavy (non-hydrogen) atoms. The summed E-state index contributed by atoms with van der Waals surface area (Å²) in [5, 5.41) is 7.60. The third kappa shape index (κ3) is 5.10. The fourth-order valence-corrected chi connectivity index (χ4v) is 14.3. The Balaban J connectivity index is 1.68. The summed E-state index contributed by atoms with van der Waals surface area (Å²) in [4.78, 5) is 0. The monoisotopic (exact) mass is 521 g/mol. The molecule has 0 bridgehead atoms. The lowest BCUT2D eigenvalue weighted by molar-refractivity contribution is 0.695. The van der Waals surface area contributed by atoms with E-state index in [9.17, 15) is 0 Å². The molecule has 3 aliphatic rings. The molecular formula is C35H39P2. The molecule has 2 heteroatoms. The standard InChI is InChI=1S/C35H39P2/c1-25(37(34(2,3)4)35(5,6)7)28-21-14-24-31(28)36(32-22-12-17-26-15-8-10-19-29(26)32)33-23-13-18-27-16-9-11-20-30(27)33/h8-20,22-26H,1-7H3/t25-,26?,36?/m1/s1. The molecule has 0 saturated heterocycles. The molecule has 2 aromatic carbocycles. The average Bonchev–Trinajstić information content (AvgIpc) is 3.32. The number of benzene rings is 2. The van der Waals surface area contributed by atoms with E-state index in [1.54, 1.807) is 0 Å². The van der Waals surface area contributed by atoms with Crippen LogP contribution in [0.3, 0.4) is 0 Å². The molecule has 0 amide bonds. The SMILES string of the molecule is C[C@H](C1=C=CC=C1P(C1=CC=CC2C=C[CH]C=C12)c1cccc2ccccc12)P(C(C)(C)C)C(C)(C)C. The largest absolute Gasteiger partial charge is 0.116 e. The van der Waals surface area contributed by atoms with Gasteiger partial charge in [0.25, 0.3) is 0 Å². The van der Waals surface area contributed by atoms with Crippen molar-refractivity contribution in [1.82, 2.24) is 0 Å². The van der Waals surface area contributed by atoms with E-state index in [4.69, 9.17) is 0 Å². The second kappa shape index (κ2) is 10.2. The van der Waals surface area contributed by atoms with Crippen molar-refractivity contribution in [1.29, 1.82) is 0 Å². The fourth-order valence-electron chi connectivity index (χ4n) is 6.54. The maximum atomic E-state index is 3.79. The molecule has 0 spiro atoms. The minimum Gasteiger partial charge on any atom is -0.116 e. The molecule has 2 aromatic rings. The van der Waals surface area contributed by atoms with Crippen LogP contribution in [0.5, 0.6) is 0 Å². The van der Waals surface area contributed by atoms with Crippen LogP contribution in [0.2, 0.25) is 0 Å². The first-order valence-corrected chi connectivity index (χ1v) is 16.2. The molecule has 0 aliphatic heterocycles. The van der Waals surface area contributed by atoms with Gasteiger partial charge < -0.3 is 0 Å². The van der Waals surface area contributed by atoms with E-state index in [0.717, 1.165) is 0 Å². The Kier molecular flexibility index (Phi) is 7.24. The molecule has 5 rings (SSSR count). The van der Waals surface area contributed by atoms with Crippen LogP contribution in [-0.2, 0) is 0 Å². The predicted molar refractivity (Wildman–Crippen MR) is 168 cm³/mol. The first-order valence-electron chi connectivity index (χ1n) is 13.4. The summed E-state index contributed by atoms with van der Waals surface area (Å²) < 4.78 is 0. The third-order valence-electron chi connectivity index (χ3n) is 7.43. The van der Waals surface area contributed by atoms with Gasteiger partial charge in [0.2, 0.25) is 0 Å². The lowest BCUT2D eigenvalue weighted by Crippen LogP contribution is -2.31. The summed E-state index contributed by atoms with van der Waals surface area (Å²) in [6.45, 7) is 17.1. The lowest BCUT2D eigenvalue weighted by Gasteiger charge is -2.46. The molecule has 0 N–H and O–H groups in total. The molecule has 189 valence electrons. The number of fused-ring (bicyclic) bond motifs is 2. The van der Waals surface area contributed by atoms with Gasteiger partial charge in [-0.15, -0.1) is 5.73 Å². The van der Waals surface area contributed by atoms with Crippen LogP contribution in [0, 0.1) is 12.3 Å². The molecule has 3 atom stereocenters. The predicted octanol–water partition coefficient (Wildman–Crippen LogP) is 10.2. The minimum atomic E-state index is -0.758. The van der Waals surface area contributed by atoms with Crippen LogP contribution in [-0.4, -0.2) is 16.0 Å². The summed E-state index contributed by atoms with van der Waals surface area (Å²) in [6.07, 6.45) is 20.6. The van der Waals surface area contributed by atoms with Gasteiger partial charge >= 0.3 is 0 Å². The van der Waals surface area contributed by atoms with Crippen molar-refractivity contribution in [2.24, 2.45) is 5.92 Å². The molecular weight excluding hydrogens is 482 g/mol. The van der Waals surface area contributed by atoms with Crippen molar-refractivity contribution in [2.75, 3.05) is 0 Å². The number of hydrogen-bond acceptors (Lipinski definition) is 0. The topological polar surface area (TPSA) is 0 Å². The van der Waals surface area contributed by atoms with Crippen molar-refractivity contribution < 1.29 is 0 Å². The van der Waals surface area contributed by atoms with Gasteiger partial charge in [0.05, 0.1) is 0 Å². The van der Waals surface area contributed by atoms with E-state index in [1.807, 2.05) is 0 Å². The van der Waals surface area contributed by atoms with Crippen LogP contribution in [0.25, 0.3) is 10.8 Å². The highest BCUT2D eigenvalue weighted by Crippen LogP contribution is 2.68. The molecule has 2 unspecified atom stereocenters. The fraction of sp³-hybridized carbons (Fsp3) is 0.314. The van der Waals surface area contributed by atoms with Crippen molar-refractivity contribution in [3.8, 4) is 0 Å². The van der Waals surface area contributed by atoms with Gasteiger partial charge in [0.15, 0.2) is 0 Å². The van der Waals surface area contributed by atoms with Crippen LogP contribution in [0.15, 0.2) is 119 Å². The average molecular weight is 522 g/mol. The number of hydrogen-bond donors (Lipinski definition) is 0.